The second kappa shape index (κ2) is 8.06. The minimum Gasteiger partial charge on any atom is -0.366 e. The largest absolute Gasteiger partial charge is 0.417 e. The first-order chi connectivity index (χ1) is 14.5. The van der Waals surface area contributed by atoms with Gasteiger partial charge in [0.25, 0.3) is 5.56 Å². The van der Waals surface area contributed by atoms with Crippen LogP contribution in [0, 0.1) is 0 Å². The number of pyridine rings is 1. The van der Waals surface area contributed by atoms with Crippen LogP contribution in [0.3, 0.4) is 0 Å². The first-order valence-electron chi connectivity index (χ1n) is 9.56. The fourth-order valence-corrected chi connectivity index (χ4v) is 5.89. The molecule has 2 aliphatic heterocycles. The number of sulfone groups is 1. The van der Waals surface area contributed by atoms with Gasteiger partial charge in [-0.25, -0.2) is 13.4 Å². The summed E-state index contributed by atoms with van der Waals surface area (Å²) in [5, 5.41) is 3.93. The molecule has 4 heterocycles. The van der Waals surface area contributed by atoms with Crippen LogP contribution in [0.2, 0.25) is 5.02 Å². The molecule has 4 rings (SSSR count). The fourth-order valence-electron chi connectivity index (χ4n) is 3.88. The number of hydrogen-bond donors (Lipinski definition) is 0. The van der Waals surface area contributed by atoms with Crippen molar-refractivity contribution in [3.8, 4) is 5.82 Å². The molecule has 31 heavy (non-hydrogen) atoms. The molecule has 2 aromatic heterocycles. The zero-order valence-corrected chi connectivity index (χ0v) is 17.8. The molecule has 0 N–H and O–H groups in total. The molecule has 168 valence electrons. The van der Waals surface area contributed by atoms with Crippen LogP contribution in [0.5, 0.6) is 0 Å². The fraction of sp³-hybridized carbons (Fsp3) is 0.500. The Morgan fingerprint density at radius 2 is 1.81 bits per heavy atom. The molecular formula is C18H19ClF3N5O3S. The van der Waals surface area contributed by atoms with Gasteiger partial charge in [-0.05, 0) is 18.6 Å². The normalized spacial score (nSPS) is 22.1. The lowest BCUT2D eigenvalue weighted by atomic mass is 10.2. The Bertz CT molecular complexity index is 1130. The zero-order chi connectivity index (χ0) is 22.4. The van der Waals surface area contributed by atoms with E-state index in [4.69, 9.17) is 11.6 Å². The van der Waals surface area contributed by atoms with Gasteiger partial charge in [0.15, 0.2) is 15.7 Å². The van der Waals surface area contributed by atoms with E-state index < -0.39 is 27.1 Å². The van der Waals surface area contributed by atoms with E-state index in [-0.39, 0.29) is 28.4 Å². The summed E-state index contributed by atoms with van der Waals surface area (Å²) in [5.74, 6) is 0.314. The lowest BCUT2D eigenvalue weighted by Gasteiger charge is -2.38. The third-order valence-corrected chi connectivity index (χ3v) is 7.68. The maximum Gasteiger partial charge on any atom is 0.417 e. The summed E-state index contributed by atoms with van der Waals surface area (Å²) in [4.78, 5) is 20.4. The standard InChI is InChI=1S/C18H19ClF3N5O3S/c19-16-14(26-6-4-25(5-7-26)13-3-8-31(29,30)11-13)10-24-27(17(16)28)15-2-1-12(9-23-15)18(20,21)22/h1-2,9-10,13H,3-8,11H2. The number of rotatable bonds is 3. The molecule has 0 saturated carbocycles. The van der Waals surface area contributed by atoms with Crippen molar-refractivity contribution in [3.05, 3.63) is 45.5 Å². The van der Waals surface area contributed by atoms with E-state index in [1.165, 1.54) is 6.20 Å². The van der Waals surface area contributed by atoms with Crippen LogP contribution in [0.1, 0.15) is 12.0 Å². The number of hydrogen-bond acceptors (Lipinski definition) is 7. The van der Waals surface area contributed by atoms with Crippen LogP contribution in [-0.4, -0.2) is 71.8 Å². The molecule has 2 aromatic rings. The van der Waals surface area contributed by atoms with Crippen LogP contribution in [0.4, 0.5) is 18.9 Å². The molecule has 0 amide bonds. The van der Waals surface area contributed by atoms with Crippen molar-refractivity contribution >= 4 is 27.1 Å². The molecule has 0 aliphatic carbocycles. The molecule has 1 unspecified atom stereocenters. The Balaban J connectivity index is 1.49. The number of piperazine rings is 1. The molecule has 0 aromatic carbocycles. The molecule has 0 radical (unpaired) electrons. The summed E-state index contributed by atoms with van der Waals surface area (Å²) in [6, 6.07) is 1.89. The van der Waals surface area contributed by atoms with E-state index in [1.807, 2.05) is 4.90 Å². The summed E-state index contributed by atoms with van der Waals surface area (Å²) in [5.41, 5.74) is -1.19. The van der Waals surface area contributed by atoms with Crippen LogP contribution in [-0.2, 0) is 16.0 Å². The predicted molar refractivity (Wildman–Crippen MR) is 108 cm³/mol. The van der Waals surface area contributed by atoms with Gasteiger partial charge in [-0.15, -0.1) is 0 Å². The van der Waals surface area contributed by atoms with E-state index in [0.29, 0.717) is 44.5 Å². The Labute approximate surface area is 181 Å². The Hall–Kier alpha value is -2.18. The van der Waals surface area contributed by atoms with Gasteiger partial charge < -0.3 is 4.90 Å². The molecule has 0 bridgehead atoms. The third kappa shape index (κ3) is 4.55. The molecule has 13 heteroatoms. The van der Waals surface area contributed by atoms with Crippen molar-refractivity contribution in [1.82, 2.24) is 19.7 Å². The summed E-state index contributed by atoms with van der Waals surface area (Å²) < 4.78 is 62.4. The zero-order valence-electron chi connectivity index (χ0n) is 16.2. The molecule has 2 fully saturated rings. The average molecular weight is 478 g/mol. The number of alkyl halides is 3. The highest BCUT2D eigenvalue weighted by Crippen LogP contribution is 2.29. The van der Waals surface area contributed by atoms with E-state index in [1.54, 1.807) is 0 Å². The summed E-state index contributed by atoms with van der Waals surface area (Å²) in [7, 11) is -2.96. The van der Waals surface area contributed by atoms with Gasteiger partial charge in [0.1, 0.15) is 5.02 Å². The highest BCUT2D eigenvalue weighted by Gasteiger charge is 2.34. The van der Waals surface area contributed by atoms with Crippen molar-refractivity contribution in [2.75, 3.05) is 42.6 Å². The van der Waals surface area contributed by atoms with Crippen LogP contribution in [0.25, 0.3) is 5.82 Å². The SMILES string of the molecule is O=c1c(Cl)c(N2CCN(C3CCS(=O)(=O)C3)CC2)cnn1-c1ccc(C(F)(F)F)cn1. The lowest BCUT2D eigenvalue weighted by molar-refractivity contribution is -0.137. The average Bonchev–Trinajstić information content (AvgIpc) is 3.09. The molecule has 2 saturated heterocycles. The first kappa shape index (κ1) is 22.0. The highest BCUT2D eigenvalue weighted by atomic mass is 35.5. The maximum atomic E-state index is 12.7. The van der Waals surface area contributed by atoms with Crippen molar-refractivity contribution in [3.63, 3.8) is 0 Å². The molecule has 1 atom stereocenters. The van der Waals surface area contributed by atoms with Gasteiger partial charge in [0.05, 0.1) is 29.0 Å². The van der Waals surface area contributed by atoms with Crippen LogP contribution >= 0.6 is 11.6 Å². The van der Waals surface area contributed by atoms with Gasteiger partial charge in [-0.1, -0.05) is 11.6 Å². The minimum atomic E-state index is -4.53. The summed E-state index contributed by atoms with van der Waals surface area (Å²) in [6.07, 6.45) is -1.89. The Morgan fingerprint density at radius 3 is 2.35 bits per heavy atom. The van der Waals surface area contributed by atoms with Gasteiger partial charge in [-0.3, -0.25) is 9.69 Å². The van der Waals surface area contributed by atoms with Gasteiger partial charge in [0.2, 0.25) is 0 Å². The van der Waals surface area contributed by atoms with E-state index >= 15 is 0 Å². The van der Waals surface area contributed by atoms with Crippen molar-refractivity contribution in [2.24, 2.45) is 0 Å². The topological polar surface area (TPSA) is 88.4 Å². The minimum absolute atomic E-state index is 0.0134. The lowest BCUT2D eigenvalue weighted by Crippen LogP contribution is -2.51. The van der Waals surface area contributed by atoms with E-state index in [9.17, 15) is 26.4 Å². The number of nitrogens with zero attached hydrogens (tertiary/aromatic N) is 5. The smallest absolute Gasteiger partial charge is 0.366 e. The molecule has 8 nitrogen and oxygen atoms in total. The Kier molecular flexibility index (Phi) is 5.73. The van der Waals surface area contributed by atoms with Gasteiger partial charge in [0, 0.05) is 38.4 Å². The Morgan fingerprint density at radius 1 is 1.10 bits per heavy atom. The van der Waals surface area contributed by atoms with Crippen molar-refractivity contribution < 1.29 is 21.6 Å². The number of halogens is 4. The summed E-state index contributed by atoms with van der Waals surface area (Å²) >= 11 is 6.27. The predicted octanol–water partition coefficient (Wildman–Crippen LogP) is 1.61. The second-order valence-electron chi connectivity index (χ2n) is 7.54. The quantitative estimate of drug-likeness (QED) is 0.663. The molecular weight excluding hydrogens is 459 g/mol. The van der Waals surface area contributed by atoms with E-state index in [0.717, 1.165) is 16.8 Å². The molecule has 2 aliphatic rings. The maximum absolute atomic E-state index is 12.7. The second-order valence-corrected chi connectivity index (χ2v) is 10.2. The number of anilines is 1. The monoisotopic (exact) mass is 477 g/mol. The summed E-state index contributed by atoms with van der Waals surface area (Å²) in [6.45, 7) is 2.33. The first-order valence-corrected chi connectivity index (χ1v) is 11.8. The van der Waals surface area contributed by atoms with Crippen molar-refractivity contribution in [2.45, 2.75) is 18.6 Å². The van der Waals surface area contributed by atoms with Crippen LogP contribution < -0.4 is 10.5 Å². The highest BCUT2D eigenvalue weighted by molar-refractivity contribution is 7.91. The third-order valence-electron chi connectivity index (χ3n) is 5.57. The van der Waals surface area contributed by atoms with Gasteiger partial charge >= 0.3 is 6.18 Å². The molecule has 0 spiro atoms. The number of aromatic nitrogens is 3. The van der Waals surface area contributed by atoms with E-state index in [2.05, 4.69) is 15.0 Å². The van der Waals surface area contributed by atoms with Crippen molar-refractivity contribution in [1.29, 1.82) is 0 Å². The van der Waals surface area contributed by atoms with Gasteiger partial charge in [-0.2, -0.15) is 23.0 Å². The van der Waals surface area contributed by atoms with Crippen LogP contribution in [0.15, 0.2) is 29.3 Å².